The van der Waals surface area contributed by atoms with Crippen molar-refractivity contribution in [1.29, 1.82) is 0 Å². The maximum atomic E-state index is 13.3. The van der Waals surface area contributed by atoms with Gasteiger partial charge in [-0.1, -0.05) is 42.5 Å². The quantitative estimate of drug-likeness (QED) is 0.636. The second kappa shape index (κ2) is 6.24. The lowest BCUT2D eigenvalue weighted by Crippen LogP contribution is -2.25. The van der Waals surface area contributed by atoms with Gasteiger partial charge < -0.3 is 0 Å². The molecule has 5 rings (SSSR count). The number of fused-ring (bicyclic) bond motifs is 2. The predicted octanol–water partition coefficient (Wildman–Crippen LogP) is 3.71. The highest BCUT2D eigenvalue weighted by atomic mass is 16.2. The molecule has 0 aliphatic carbocycles. The Morgan fingerprint density at radius 3 is 2.17 bits per heavy atom. The minimum Gasteiger partial charge on any atom is -0.277 e. The first kappa shape index (κ1) is 17.1. The highest BCUT2D eigenvalue weighted by Gasteiger charge is 2.37. The minimum absolute atomic E-state index is 0.232. The van der Waals surface area contributed by atoms with Crippen molar-refractivity contribution in [3.63, 3.8) is 0 Å². The summed E-state index contributed by atoms with van der Waals surface area (Å²) in [7, 11) is 1.44. The smallest absolute Gasteiger partial charge is 0.277 e. The summed E-state index contributed by atoms with van der Waals surface area (Å²) in [5, 5.41) is 0. The van der Waals surface area contributed by atoms with E-state index in [0.717, 1.165) is 16.3 Å². The van der Waals surface area contributed by atoms with Crippen molar-refractivity contribution in [2.45, 2.75) is 0 Å². The number of benzene rings is 3. The summed E-state index contributed by atoms with van der Waals surface area (Å²) in [5.41, 5.74) is 3.25. The van der Waals surface area contributed by atoms with Crippen molar-refractivity contribution in [1.82, 2.24) is 4.90 Å². The Kier molecular flexibility index (Phi) is 3.67. The first-order valence-electron chi connectivity index (χ1n) is 9.11. The van der Waals surface area contributed by atoms with Gasteiger partial charge in [0, 0.05) is 18.3 Å². The van der Waals surface area contributed by atoms with Crippen molar-refractivity contribution in [3.05, 3.63) is 89.5 Å². The molecule has 0 bridgehead atoms. The van der Waals surface area contributed by atoms with E-state index in [1.54, 1.807) is 23.1 Å². The van der Waals surface area contributed by atoms with Gasteiger partial charge in [-0.2, -0.15) is 0 Å². The molecule has 0 radical (unpaired) electrons. The molecule has 6 nitrogen and oxygen atoms in total. The molecular weight excluding hydrogens is 366 g/mol. The van der Waals surface area contributed by atoms with Gasteiger partial charge in [0.25, 0.3) is 17.7 Å². The summed E-state index contributed by atoms with van der Waals surface area (Å²) in [5.74, 6) is -1.06. The summed E-state index contributed by atoms with van der Waals surface area (Å²) in [6.07, 6.45) is 0. The van der Waals surface area contributed by atoms with Gasteiger partial charge in [0.2, 0.25) is 0 Å². The number of aliphatic imine (C=N–C) groups is 1. The van der Waals surface area contributed by atoms with E-state index in [1.165, 1.54) is 7.05 Å². The van der Waals surface area contributed by atoms with E-state index in [9.17, 15) is 14.4 Å². The Bertz CT molecular complexity index is 1230. The highest BCUT2D eigenvalue weighted by molar-refractivity contribution is 6.56. The first-order valence-corrected chi connectivity index (χ1v) is 9.11. The summed E-state index contributed by atoms with van der Waals surface area (Å²) in [4.78, 5) is 45.4. The zero-order chi connectivity index (χ0) is 20.1. The van der Waals surface area contributed by atoms with Crippen molar-refractivity contribution < 1.29 is 14.4 Å². The molecule has 0 N–H and O–H groups in total. The van der Waals surface area contributed by atoms with Crippen LogP contribution in [0.1, 0.15) is 26.3 Å². The van der Waals surface area contributed by atoms with Crippen LogP contribution in [0.25, 0.3) is 0 Å². The van der Waals surface area contributed by atoms with E-state index in [0.29, 0.717) is 16.8 Å². The molecule has 0 atom stereocenters. The molecule has 0 saturated carbocycles. The molecule has 2 aliphatic rings. The molecule has 0 spiro atoms. The van der Waals surface area contributed by atoms with Crippen molar-refractivity contribution in [2.24, 2.45) is 4.99 Å². The van der Waals surface area contributed by atoms with Crippen LogP contribution in [-0.2, 0) is 4.79 Å². The highest BCUT2D eigenvalue weighted by Crippen LogP contribution is 2.38. The van der Waals surface area contributed by atoms with Crippen LogP contribution < -0.4 is 4.90 Å². The molecule has 29 heavy (non-hydrogen) atoms. The van der Waals surface area contributed by atoms with Gasteiger partial charge in [-0.05, 0) is 30.3 Å². The summed E-state index contributed by atoms with van der Waals surface area (Å²) >= 11 is 0. The third kappa shape index (κ3) is 2.42. The van der Waals surface area contributed by atoms with Gasteiger partial charge in [-0.15, -0.1) is 0 Å². The third-order valence-corrected chi connectivity index (χ3v) is 5.15. The van der Waals surface area contributed by atoms with Crippen LogP contribution in [0.3, 0.4) is 0 Å². The predicted molar refractivity (Wildman–Crippen MR) is 109 cm³/mol. The molecule has 3 aromatic rings. The van der Waals surface area contributed by atoms with Gasteiger partial charge in [0.05, 0.1) is 22.5 Å². The van der Waals surface area contributed by atoms with E-state index in [2.05, 4.69) is 4.99 Å². The lowest BCUT2D eigenvalue weighted by molar-refractivity contribution is -0.111. The van der Waals surface area contributed by atoms with E-state index >= 15 is 0 Å². The van der Waals surface area contributed by atoms with E-state index in [4.69, 9.17) is 0 Å². The number of carbonyl (C=O) groups excluding carboxylic acids is 3. The minimum atomic E-state index is -0.413. The molecule has 140 valence electrons. The SMILES string of the molecule is CN1C(=O)c2cccc(N=C3C(=O)N(c4ccccc4)c4ccccc43)c2C1=O. The number of carbonyl (C=O) groups is 3. The standard InChI is InChI=1S/C23H15N3O3/c1-25-21(27)16-11-7-12-17(19(16)22(25)28)24-20-15-10-5-6-13-18(15)26(23(20)29)14-8-3-2-4-9-14/h2-13H,1H3. The number of amides is 3. The van der Waals surface area contributed by atoms with Crippen LogP contribution in [-0.4, -0.2) is 35.4 Å². The molecule has 6 heteroatoms. The second-order valence-corrected chi connectivity index (χ2v) is 6.82. The molecule has 0 fully saturated rings. The van der Waals surface area contributed by atoms with Crippen molar-refractivity contribution in [2.75, 3.05) is 11.9 Å². The molecule has 3 amide bonds. The number of hydrogen-bond donors (Lipinski definition) is 0. The molecular formula is C23H15N3O3. The lowest BCUT2D eigenvalue weighted by atomic mass is 10.1. The normalized spacial score (nSPS) is 16.6. The van der Waals surface area contributed by atoms with Gasteiger partial charge >= 0.3 is 0 Å². The summed E-state index contributed by atoms with van der Waals surface area (Å²) in [6, 6.07) is 21.6. The van der Waals surface area contributed by atoms with Gasteiger partial charge in [-0.25, -0.2) is 4.99 Å². The maximum Gasteiger partial charge on any atom is 0.282 e. The van der Waals surface area contributed by atoms with Crippen LogP contribution in [0.5, 0.6) is 0 Å². The molecule has 0 saturated heterocycles. The summed E-state index contributed by atoms with van der Waals surface area (Å²) in [6.45, 7) is 0. The van der Waals surface area contributed by atoms with Crippen molar-refractivity contribution >= 4 is 40.5 Å². The Morgan fingerprint density at radius 1 is 0.690 bits per heavy atom. The number of hydrogen-bond acceptors (Lipinski definition) is 4. The number of para-hydroxylation sites is 2. The Hall–Kier alpha value is -4.06. The average molecular weight is 381 g/mol. The Balaban J connectivity index is 1.69. The number of anilines is 2. The number of nitrogens with zero attached hydrogens (tertiary/aromatic N) is 3. The largest absolute Gasteiger partial charge is 0.282 e. The molecule has 2 aliphatic heterocycles. The topological polar surface area (TPSA) is 70.1 Å². The van der Waals surface area contributed by atoms with Gasteiger partial charge in [-0.3, -0.25) is 24.2 Å². The fourth-order valence-electron chi connectivity index (χ4n) is 3.74. The zero-order valence-electron chi connectivity index (χ0n) is 15.5. The van der Waals surface area contributed by atoms with E-state index < -0.39 is 5.91 Å². The van der Waals surface area contributed by atoms with Crippen LogP contribution in [0.4, 0.5) is 17.1 Å². The fraction of sp³-hybridized carbons (Fsp3) is 0.0435. The maximum absolute atomic E-state index is 13.3. The molecule has 2 heterocycles. The van der Waals surface area contributed by atoms with Crippen LogP contribution in [0.2, 0.25) is 0 Å². The average Bonchev–Trinajstić information content (AvgIpc) is 3.15. The number of imide groups is 1. The van der Waals surface area contributed by atoms with Crippen LogP contribution in [0.15, 0.2) is 77.8 Å². The van der Waals surface area contributed by atoms with Crippen LogP contribution in [0, 0.1) is 0 Å². The van der Waals surface area contributed by atoms with Crippen LogP contribution >= 0.6 is 0 Å². The Morgan fingerprint density at radius 2 is 1.38 bits per heavy atom. The van der Waals surface area contributed by atoms with Crippen molar-refractivity contribution in [3.8, 4) is 0 Å². The second-order valence-electron chi connectivity index (χ2n) is 6.82. The summed E-state index contributed by atoms with van der Waals surface area (Å²) < 4.78 is 0. The zero-order valence-corrected chi connectivity index (χ0v) is 15.5. The lowest BCUT2D eigenvalue weighted by Gasteiger charge is -2.16. The third-order valence-electron chi connectivity index (χ3n) is 5.15. The molecule has 0 aromatic heterocycles. The van der Waals surface area contributed by atoms with Gasteiger partial charge in [0.15, 0.2) is 0 Å². The van der Waals surface area contributed by atoms with E-state index in [-0.39, 0.29) is 23.1 Å². The van der Waals surface area contributed by atoms with Gasteiger partial charge in [0.1, 0.15) is 5.71 Å². The molecule has 3 aromatic carbocycles. The molecule has 0 unspecified atom stereocenters. The van der Waals surface area contributed by atoms with E-state index in [1.807, 2.05) is 54.6 Å². The number of rotatable bonds is 2. The fourth-order valence-corrected chi connectivity index (χ4v) is 3.74. The first-order chi connectivity index (χ1) is 14.1. The monoisotopic (exact) mass is 381 g/mol. The Labute approximate surface area is 166 Å².